The van der Waals surface area contributed by atoms with Crippen molar-refractivity contribution < 1.29 is 14.3 Å². The quantitative estimate of drug-likeness (QED) is 0.699. The molecule has 0 radical (unpaired) electrons. The van der Waals surface area contributed by atoms with Crippen LogP contribution in [0, 0.1) is 0 Å². The minimum Gasteiger partial charge on any atom is -0.485 e. The molecule has 3 aromatic rings. The highest BCUT2D eigenvalue weighted by atomic mass is 32.1. The number of rotatable bonds is 6. The van der Waals surface area contributed by atoms with Crippen molar-refractivity contribution in [1.29, 1.82) is 0 Å². The Morgan fingerprint density at radius 1 is 1.11 bits per heavy atom. The van der Waals surface area contributed by atoms with E-state index in [2.05, 4.69) is 10.3 Å². The van der Waals surface area contributed by atoms with Gasteiger partial charge in [0, 0.05) is 16.6 Å². The molecule has 0 atom stereocenters. The van der Waals surface area contributed by atoms with Crippen molar-refractivity contribution in [3.05, 3.63) is 82.3 Å². The van der Waals surface area contributed by atoms with E-state index in [1.807, 2.05) is 42.5 Å². The van der Waals surface area contributed by atoms with Crippen LogP contribution in [-0.4, -0.2) is 40.9 Å². The van der Waals surface area contributed by atoms with Gasteiger partial charge in [0.2, 0.25) is 0 Å². The number of pyridine rings is 1. The van der Waals surface area contributed by atoms with Crippen LogP contribution in [0.4, 0.5) is 0 Å². The second-order valence-corrected chi connectivity index (χ2v) is 7.62. The third-order valence-corrected chi connectivity index (χ3v) is 5.48. The number of hydrogen-bond donors (Lipinski definition) is 1. The van der Waals surface area contributed by atoms with E-state index in [1.165, 1.54) is 11.3 Å². The van der Waals surface area contributed by atoms with Gasteiger partial charge in [0.05, 0.1) is 30.7 Å². The van der Waals surface area contributed by atoms with E-state index < -0.39 is 0 Å². The number of benzene rings is 1. The van der Waals surface area contributed by atoms with Gasteiger partial charge in [0.25, 0.3) is 11.8 Å². The highest BCUT2D eigenvalue weighted by Gasteiger charge is 2.33. The molecule has 0 saturated carbocycles. The average molecular weight is 393 g/mol. The monoisotopic (exact) mass is 393 g/mol. The zero-order chi connectivity index (χ0) is 19.3. The maximum Gasteiger partial charge on any atom is 0.264 e. The first-order valence-corrected chi connectivity index (χ1v) is 9.78. The molecule has 3 heterocycles. The van der Waals surface area contributed by atoms with Gasteiger partial charge < -0.3 is 15.0 Å². The topological polar surface area (TPSA) is 71.5 Å². The van der Waals surface area contributed by atoms with Crippen LogP contribution in [0.15, 0.2) is 67.0 Å². The summed E-state index contributed by atoms with van der Waals surface area (Å²) >= 11 is 1.40. The van der Waals surface area contributed by atoms with Crippen molar-refractivity contribution in [2.75, 3.05) is 13.1 Å². The third-order valence-electron chi connectivity index (χ3n) is 4.40. The first-order valence-electron chi connectivity index (χ1n) is 8.97. The highest BCUT2D eigenvalue weighted by Crippen LogP contribution is 2.23. The molecule has 1 aliphatic heterocycles. The van der Waals surface area contributed by atoms with Crippen LogP contribution in [0.1, 0.15) is 24.9 Å². The lowest BCUT2D eigenvalue weighted by molar-refractivity contribution is 0.0180. The zero-order valence-corrected chi connectivity index (χ0v) is 15.9. The van der Waals surface area contributed by atoms with Gasteiger partial charge in [-0.25, -0.2) is 0 Å². The molecule has 0 aliphatic carbocycles. The van der Waals surface area contributed by atoms with E-state index in [9.17, 15) is 9.59 Å². The Bertz CT molecular complexity index is 953. The van der Waals surface area contributed by atoms with Crippen molar-refractivity contribution in [2.45, 2.75) is 12.6 Å². The number of carbonyl (C=O) groups excluding carboxylic acids is 2. The lowest BCUT2D eigenvalue weighted by atomic mass is 10.1. The Kier molecular flexibility index (Phi) is 5.34. The Morgan fingerprint density at radius 2 is 1.93 bits per heavy atom. The molecule has 2 amide bonds. The molecular formula is C21H19N3O3S. The number of carbonyl (C=O) groups is 2. The SMILES string of the molecule is O=C(NCc1ccc(C(=O)N2CC(Oc3cccnc3)C2)s1)c1ccccc1. The third kappa shape index (κ3) is 4.20. The van der Waals surface area contributed by atoms with E-state index in [-0.39, 0.29) is 17.9 Å². The van der Waals surface area contributed by atoms with Crippen LogP contribution >= 0.6 is 11.3 Å². The van der Waals surface area contributed by atoms with Gasteiger partial charge in [-0.2, -0.15) is 0 Å². The molecule has 1 aromatic carbocycles. The Morgan fingerprint density at radius 3 is 2.68 bits per heavy atom. The number of amides is 2. The van der Waals surface area contributed by atoms with Gasteiger partial charge in [-0.3, -0.25) is 14.6 Å². The van der Waals surface area contributed by atoms with Crippen LogP contribution in [-0.2, 0) is 6.54 Å². The molecule has 2 aromatic heterocycles. The Hall–Kier alpha value is -3.19. The molecule has 7 heteroatoms. The van der Waals surface area contributed by atoms with Crippen molar-refractivity contribution >= 4 is 23.2 Å². The van der Waals surface area contributed by atoms with E-state index in [1.54, 1.807) is 29.4 Å². The molecule has 0 unspecified atom stereocenters. The summed E-state index contributed by atoms with van der Waals surface area (Å²) < 4.78 is 5.78. The van der Waals surface area contributed by atoms with E-state index in [0.29, 0.717) is 35.8 Å². The molecular weight excluding hydrogens is 374 g/mol. The first-order chi connectivity index (χ1) is 13.7. The lowest BCUT2D eigenvalue weighted by Gasteiger charge is -2.38. The van der Waals surface area contributed by atoms with Crippen molar-refractivity contribution in [2.24, 2.45) is 0 Å². The Labute approximate surface area is 166 Å². The van der Waals surface area contributed by atoms with E-state index in [4.69, 9.17) is 4.74 Å². The van der Waals surface area contributed by atoms with Crippen LogP contribution in [0.25, 0.3) is 0 Å². The molecule has 1 fully saturated rings. The molecule has 4 rings (SSSR count). The minimum atomic E-state index is -0.125. The first kappa shape index (κ1) is 18.2. The average Bonchev–Trinajstić information content (AvgIpc) is 3.19. The number of likely N-dealkylation sites (tertiary alicyclic amines) is 1. The molecule has 0 bridgehead atoms. The molecule has 6 nitrogen and oxygen atoms in total. The summed E-state index contributed by atoms with van der Waals surface area (Å²) in [7, 11) is 0. The largest absolute Gasteiger partial charge is 0.485 e. The molecule has 28 heavy (non-hydrogen) atoms. The van der Waals surface area contributed by atoms with Gasteiger partial charge in [0.15, 0.2) is 0 Å². The summed E-state index contributed by atoms with van der Waals surface area (Å²) in [6.45, 7) is 1.52. The standard InChI is InChI=1S/C21H19N3O3S/c25-20(15-5-2-1-3-6-15)23-12-18-8-9-19(28-18)21(26)24-13-17(14-24)27-16-7-4-10-22-11-16/h1-11,17H,12-14H2,(H,23,25). The number of ether oxygens (including phenoxy) is 1. The highest BCUT2D eigenvalue weighted by molar-refractivity contribution is 7.14. The Balaban J connectivity index is 1.26. The molecule has 1 N–H and O–H groups in total. The molecule has 1 aliphatic rings. The van der Waals surface area contributed by atoms with Gasteiger partial charge in [-0.15, -0.1) is 11.3 Å². The number of aromatic nitrogens is 1. The summed E-state index contributed by atoms with van der Waals surface area (Å²) in [5.41, 5.74) is 0.621. The van der Waals surface area contributed by atoms with Crippen LogP contribution in [0.2, 0.25) is 0 Å². The molecule has 0 spiro atoms. The molecule has 1 saturated heterocycles. The predicted molar refractivity (Wildman–Crippen MR) is 106 cm³/mol. The summed E-state index contributed by atoms with van der Waals surface area (Å²) in [5.74, 6) is 0.587. The van der Waals surface area contributed by atoms with E-state index >= 15 is 0 Å². The number of nitrogens with one attached hydrogen (secondary N) is 1. The van der Waals surface area contributed by atoms with Crippen LogP contribution in [0.5, 0.6) is 5.75 Å². The van der Waals surface area contributed by atoms with Gasteiger partial charge >= 0.3 is 0 Å². The summed E-state index contributed by atoms with van der Waals surface area (Å²) in [6, 6.07) is 16.4. The van der Waals surface area contributed by atoms with E-state index in [0.717, 1.165) is 4.88 Å². The maximum atomic E-state index is 12.6. The molecule has 142 valence electrons. The van der Waals surface area contributed by atoms with Crippen LogP contribution in [0.3, 0.4) is 0 Å². The summed E-state index contributed by atoms with van der Waals surface area (Å²) in [5, 5.41) is 2.88. The van der Waals surface area contributed by atoms with Crippen molar-refractivity contribution in [3.8, 4) is 5.75 Å². The van der Waals surface area contributed by atoms with Crippen LogP contribution < -0.4 is 10.1 Å². The zero-order valence-electron chi connectivity index (χ0n) is 15.1. The number of thiophene rings is 1. The number of hydrogen-bond acceptors (Lipinski definition) is 5. The van der Waals surface area contributed by atoms with Crippen molar-refractivity contribution in [1.82, 2.24) is 15.2 Å². The van der Waals surface area contributed by atoms with Gasteiger partial charge in [-0.05, 0) is 36.4 Å². The summed E-state index contributed by atoms with van der Waals surface area (Å²) in [4.78, 5) is 32.1. The fraction of sp³-hybridized carbons (Fsp3) is 0.190. The minimum absolute atomic E-state index is 0.00209. The fourth-order valence-corrected chi connectivity index (χ4v) is 3.81. The van der Waals surface area contributed by atoms with Gasteiger partial charge in [0.1, 0.15) is 11.9 Å². The normalized spacial score (nSPS) is 13.6. The smallest absolute Gasteiger partial charge is 0.264 e. The predicted octanol–water partition coefficient (Wildman–Crippen LogP) is 2.98. The second-order valence-electron chi connectivity index (χ2n) is 6.45. The number of nitrogens with zero attached hydrogens (tertiary/aromatic N) is 2. The van der Waals surface area contributed by atoms with Gasteiger partial charge in [-0.1, -0.05) is 18.2 Å². The maximum absolute atomic E-state index is 12.6. The summed E-state index contributed by atoms with van der Waals surface area (Å²) in [6.07, 6.45) is 3.36. The second kappa shape index (κ2) is 8.22. The fourth-order valence-electron chi connectivity index (χ4n) is 2.89. The van der Waals surface area contributed by atoms with Crippen molar-refractivity contribution in [3.63, 3.8) is 0 Å². The lowest BCUT2D eigenvalue weighted by Crippen LogP contribution is -2.56.